The third-order valence-corrected chi connectivity index (χ3v) is 2.94. The van der Waals surface area contributed by atoms with E-state index in [4.69, 9.17) is 16.3 Å². The average Bonchev–Trinajstić information content (AvgIpc) is 2.77. The quantitative estimate of drug-likeness (QED) is 0.814. The van der Waals surface area contributed by atoms with Gasteiger partial charge < -0.3 is 9.47 Å². The largest absolute Gasteiger partial charge is 0.466 e. The Morgan fingerprint density at radius 1 is 1.45 bits per heavy atom. The Kier molecular flexibility index (Phi) is 4.24. The lowest BCUT2D eigenvalue weighted by molar-refractivity contribution is -0.143. The zero-order valence-corrected chi connectivity index (χ0v) is 11.6. The van der Waals surface area contributed by atoms with E-state index < -0.39 is 11.8 Å². The minimum absolute atomic E-state index is 0.232. The first-order chi connectivity index (χ1) is 9.51. The summed E-state index contributed by atoms with van der Waals surface area (Å²) < 4.78 is 24.2. The highest BCUT2D eigenvalue weighted by atomic mass is 35.5. The van der Waals surface area contributed by atoms with E-state index in [9.17, 15) is 9.18 Å². The zero-order chi connectivity index (χ0) is 14.7. The normalized spacial score (nSPS) is 10.4. The van der Waals surface area contributed by atoms with E-state index in [1.165, 1.54) is 23.9 Å². The summed E-state index contributed by atoms with van der Waals surface area (Å²) in [6.07, 6.45) is 0. The van der Waals surface area contributed by atoms with Crippen LogP contribution in [0.15, 0.2) is 24.3 Å². The lowest BCUT2D eigenvalue weighted by Crippen LogP contribution is -2.12. The molecule has 1 heterocycles. The van der Waals surface area contributed by atoms with Crippen LogP contribution in [0, 0.1) is 5.82 Å². The molecule has 2 rings (SSSR count). The molecule has 0 bridgehead atoms. The van der Waals surface area contributed by atoms with Crippen LogP contribution in [0.2, 0.25) is 5.02 Å². The second-order valence-electron chi connectivity index (χ2n) is 3.98. The monoisotopic (exact) mass is 298 g/mol. The molecule has 0 aliphatic rings. The van der Waals surface area contributed by atoms with Crippen LogP contribution in [0.25, 0.3) is 11.3 Å². The maximum Gasteiger partial charge on any atom is 0.343 e. The Bertz CT molecular complexity index is 643. The van der Waals surface area contributed by atoms with Crippen molar-refractivity contribution >= 4 is 17.6 Å². The van der Waals surface area contributed by atoms with Crippen molar-refractivity contribution in [1.82, 2.24) is 9.78 Å². The van der Waals surface area contributed by atoms with Crippen LogP contribution in [0.4, 0.5) is 4.39 Å². The van der Waals surface area contributed by atoms with Crippen LogP contribution < -0.4 is 4.74 Å². The molecular weight excluding hydrogens is 287 g/mol. The van der Waals surface area contributed by atoms with E-state index in [2.05, 4.69) is 9.84 Å². The van der Waals surface area contributed by atoms with E-state index in [1.807, 2.05) is 0 Å². The number of ether oxygens (including phenoxy) is 2. The first-order valence-corrected chi connectivity index (χ1v) is 6.08. The smallest absolute Gasteiger partial charge is 0.343 e. The van der Waals surface area contributed by atoms with Crippen LogP contribution in [0.1, 0.15) is 0 Å². The minimum Gasteiger partial charge on any atom is -0.466 e. The number of benzene rings is 1. The number of hydrogen-bond acceptors (Lipinski definition) is 4. The highest BCUT2D eigenvalue weighted by Gasteiger charge is 2.13. The molecule has 0 saturated carbocycles. The molecule has 1 aromatic heterocycles. The predicted octanol–water partition coefficient (Wildman–Crippen LogP) is 2.43. The molecule has 5 nitrogen and oxygen atoms in total. The molecule has 0 aliphatic heterocycles. The molecule has 20 heavy (non-hydrogen) atoms. The van der Waals surface area contributed by atoms with Crippen LogP contribution in [-0.4, -0.2) is 29.5 Å². The summed E-state index contributed by atoms with van der Waals surface area (Å²) in [5.41, 5.74) is 1.27. The predicted molar refractivity (Wildman–Crippen MR) is 71.1 cm³/mol. The number of aromatic nitrogens is 2. The number of methoxy groups -OCH3 is 1. The molecule has 7 heteroatoms. The Hall–Kier alpha value is -2.08. The molecule has 0 unspecified atom stereocenters. The maximum atomic E-state index is 13.0. The lowest BCUT2D eigenvalue weighted by atomic mass is 10.1. The fourth-order valence-electron chi connectivity index (χ4n) is 1.65. The number of rotatable bonds is 4. The first-order valence-electron chi connectivity index (χ1n) is 5.70. The van der Waals surface area contributed by atoms with Crippen LogP contribution in [0.5, 0.6) is 5.88 Å². The maximum absolute atomic E-state index is 13.0. The van der Waals surface area contributed by atoms with Gasteiger partial charge in [-0.2, -0.15) is 0 Å². The number of nitrogens with zero attached hydrogens (tertiary/aromatic N) is 2. The third-order valence-electron chi connectivity index (χ3n) is 2.63. The number of esters is 1. The summed E-state index contributed by atoms with van der Waals surface area (Å²) in [6, 6.07) is 5.70. The van der Waals surface area contributed by atoms with E-state index in [0.717, 1.165) is 0 Å². The van der Waals surface area contributed by atoms with Crippen molar-refractivity contribution in [2.24, 2.45) is 7.05 Å². The number of halogens is 2. The first kappa shape index (κ1) is 14.3. The SMILES string of the molecule is COC(=O)COc1cc(-c2ccc(F)cc2Cl)n(C)n1. The van der Waals surface area contributed by atoms with Crippen molar-refractivity contribution in [3.8, 4) is 17.1 Å². The summed E-state index contributed by atoms with van der Waals surface area (Å²) >= 11 is 6.00. The van der Waals surface area contributed by atoms with Gasteiger partial charge in [-0.3, -0.25) is 4.68 Å². The fraction of sp³-hybridized carbons (Fsp3) is 0.231. The zero-order valence-electron chi connectivity index (χ0n) is 10.9. The van der Waals surface area contributed by atoms with Crippen molar-refractivity contribution in [3.05, 3.63) is 35.1 Å². The third kappa shape index (κ3) is 3.08. The Morgan fingerprint density at radius 3 is 2.85 bits per heavy atom. The van der Waals surface area contributed by atoms with Gasteiger partial charge in [0.05, 0.1) is 17.8 Å². The summed E-state index contributed by atoms with van der Waals surface area (Å²) in [5, 5.41) is 4.36. The fourth-order valence-corrected chi connectivity index (χ4v) is 1.92. The van der Waals surface area contributed by atoms with Gasteiger partial charge in [0.2, 0.25) is 5.88 Å². The highest BCUT2D eigenvalue weighted by molar-refractivity contribution is 6.33. The van der Waals surface area contributed by atoms with Crippen molar-refractivity contribution < 1.29 is 18.7 Å². The van der Waals surface area contributed by atoms with E-state index in [1.54, 1.807) is 19.2 Å². The second-order valence-corrected chi connectivity index (χ2v) is 4.39. The van der Waals surface area contributed by atoms with Crippen LogP contribution in [0.3, 0.4) is 0 Å². The molecule has 0 N–H and O–H groups in total. The molecule has 2 aromatic rings. The topological polar surface area (TPSA) is 53.4 Å². The molecule has 0 amide bonds. The molecular formula is C13H12ClFN2O3. The standard InChI is InChI=1S/C13H12ClFN2O3/c1-17-11(9-4-3-8(15)5-10(9)14)6-12(16-17)20-7-13(18)19-2/h3-6H,7H2,1-2H3. The molecule has 106 valence electrons. The van der Waals surface area contributed by atoms with Crippen molar-refractivity contribution in [3.63, 3.8) is 0 Å². The number of hydrogen-bond donors (Lipinski definition) is 0. The Morgan fingerprint density at radius 2 is 2.20 bits per heavy atom. The minimum atomic E-state index is -0.503. The molecule has 0 fully saturated rings. The van der Waals surface area contributed by atoms with Crippen LogP contribution in [-0.2, 0) is 16.6 Å². The summed E-state index contributed by atoms with van der Waals surface area (Å²) in [7, 11) is 2.97. The van der Waals surface area contributed by atoms with Gasteiger partial charge in [-0.15, -0.1) is 5.10 Å². The summed E-state index contributed by atoms with van der Waals surface area (Å²) in [4.78, 5) is 11.0. The Balaban J connectivity index is 2.25. The highest BCUT2D eigenvalue weighted by Crippen LogP contribution is 2.30. The van der Waals surface area contributed by atoms with Gasteiger partial charge in [-0.1, -0.05) is 11.6 Å². The van der Waals surface area contributed by atoms with Gasteiger partial charge in [0, 0.05) is 18.7 Å². The summed E-state index contributed by atoms with van der Waals surface area (Å²) in [5.74, 6) is -0.659. The van der Waals surface area contributed by atoms with Gasteiger partial charge >= 0.3 is 5.97 Å². The van der Waals surface area contributed by atoms with Gasteiger partial charge in [-0.05, 0) is 18.2 Å². The molecule has 1 aromatic carbocycles. The summed E-state index contributed by atoms with van der Waals surface area (Å²) in [6.45, 7) is -0.232. The number of carbonyl (C=O) groups excluding carboxylic acids is 1. The van der Waals surface area contributed by atoms with Crippen molar-refractivity contribution in [2.45, 2.75) is 0 Å². The molecule has 0 radical (unpaired) electrons. The van der Waals surface area contributed by atoms with E-state index >= 15 is 0 Å². The van der Waals surface area contributed by atoms with E-state index in [0.29, 0.717) is 11.3 Å². The molecule has 0 aliphatic carbocycles. The van der Waals surface area contributed by atoms with Gasteiger partial charge in [-0.25, -0.2) is 9.18 Å². The lowest BCUT2D eigenvalue weighted by Gasteiger charge is -2.03. The van der Waals surface area contributed by atoms with E-state index in [-0.39, 0.29) is 17.5 Å². The average molecular weight is 299 g/mol. The molecule has 0 atom stereocenters. The van der Waals surface area contributed by atoms with Crippen molar-refractivity contribution in [1.29, 1.82) is 0 Å². The van der Waals surface area contributed by atoms with Crippen molar-refractivity contribution in [2.75, 3.05) is 13.7 Å². The van der Waals surface area contributed by atoms with Gasteiger partial charge in [0.25, 0.3) is 0 Å². The second kappa shape index (κ2) is 5.92. The molecule has 0 spiro atoms. The van der Waals surface area contributed by atoms with Gasteiger partial charge in [0.15, 0.2) is 6.61 Å². The van der Waals surface area contributed by atoms with Gasteiger partial charge in [0.1, 0.15) is 5.82 Å². The Labute approximate surface area is 119 Å². The van der Waals surface area contributed by atoms with Crippen LogP contribution >= 0.6 is 11.6 Å². The number of aryl methyl sites for hydroxylation is 1. The number of carbonyl (C=O) groups is 1. The molecule has 0 saturated heterocycles.